The zero-order valence-electron chi connectivity index (χ0n) is 34.5. The first kappa shape index (κ1) is 36.9. The summed E-state index contributed by atoms with van der Waals surface area (Å²) in [5.41, 5.74) is 5.12. The molecule has 64 heavy (non-hydrogen) atoms. The van der Waals surface area contributed by atoms with E-state index in [0.717, 1.165) is 49.2 Å². The predicted octanol–water partition coefficient (Wildman–Crippen LogP) is 10.5. The summed E-state index contributed by atoms with van der Waals surface area (Å²) in [6, 6.07) is 81.8. The monoisotopic (exact) mass is 899 g/mol. The number of nitrogens with zero attached hydrogens (tertiary/aromatic N) is 5. The van der Waals surface area contributed by atoms with E-state index < -0.39 is 8.07 Å². The van der Waals surface area contributed by atoms with Gasteiger partial charge in [-0.15, -0.1) is 0 Å². The Morgan fingerprint density at radius 2 is 0.766 bits per heavy atom. The van der Waals surface area contributed by atoms with Gasteiger partial charge < -0.3 is 0 Å². The number of aromatic nitrogens is 5. The summed E-state index contributed by atoms with van der Waals surface area (Å²) in [6.45, 7) is 0. The van der Waals surface area contributed by atoms with E-state index in [2.05, 4.69) is 234 Å². The minimum atomic E-state index is -3.00. The van der Waals surface area contributed by atoms with Gasteiger partial charge in [0.1, 0.15) is 0 Å². The topological polar surface area (TPSA) is 48.5 Å². The van der Waals surface area contributed by atoms with Crippen molar-refractivity contribution in [3.8, 4) is 23.3 Å². The average molecular weight is 899 g/mol. The van der Waals surface area contributed by atoms with Gasteiger partial charge in [-0.1, -0.05) is 72.8 Å². The molecular formula is C57H37N5SeSi. The molecule has 0 atom stereocenters. The van der Waals surface area contributed by atoms with Crippen LogP contribution in [0.2, 0.25) is 0 Å². The van der Waals surface area contributed by atoms with Gasteiger partial charge in [0.25, 0.3) is 0 Å². The zero-order valence-corrected chi connectivity index (χ0v) is 37.2. The average Bonchev–Trinajstić information content (AvgIpc) is 4.03. The summed E-state index contributed by atoms with van der Waals surface area (Å²) < 4.78 is 7.33. The van der Waals surface area contributed by atoms with Crippen LogP contribution in [0.1, 0.15) is 0 Å². The Bertz CT molecular complexity index is 3650. The molecular weight excluding hydrogens is 862 g/mol. The van der Waals surface area contributed by atoms with E-state index in [1.807, 2.05) is 0 Å². The van der Waals surface area contributed by atoms with Gasteiger partial charge in [-0.3, -0.25) is 0 Å². The van der Waals surface area contributed by atoms with E-state index in [0.29, 0.717) is 17.7 Å². The molecule has 9 aromatic carbocycles. The van der Waals surface area contributed by atoms with Crippen molar-refractivity contribution in [2.45, 2.75) is 0 Å². The first-order valence-corrected chi connectivity index (χ1v) is 25.3. The fourth-order valence-electron chi connectivity index (χ4n) is 10.2. The van der Waals surface area contributed by atoms with E-state index in [-0.39, 0.29) is 14.5 Å². The van der Waals surface area contributed by atoms with Crippen LogP contribution in [0, 0.1) is 0 Å². The molecule has 13 rings (SSSR count). The second-order valence-corrected chi connectivity index (χ2v) is 22.3. The number of para-hydroxylation sites is 4. The standard InChI is InChI=1S/C57H37N5SeSi/c1-3-20-39(21-4-1)64(40-22-5-2-6-23-40,53-36-18-30-47-46-29-11-16-35-52(46)63-54(47)53)41-24-17-19-38(37-41)55-58-56(61-48-31-12-7-25-42(48)43-26-8-13-32-49(43)61)60-57(59-55)62-50-33-14-9-27-44(50)45-28-10-15-34-51(45)62/h1-37H. The molecule has 13 aromatic rings. The summed E-state index contributed by atoms with van der Waals surface area (Å²) in [7, 11) is -3.00. The van der Waals surface area contributed by atoms with Crippen LogP contribution in [0.5, 0.6) is 0 Å². The summed E-state index contributed by atoms with van der Waals surface area (Å²) in [6.07, 6.45) is 0. The number of hydrogen-bond donors (Lipinski definition) is 0. The Kier molecular flexibility index (Phi) is 8.49. The SMILES string of the molecule is c1ccc([Si](c2ccccc2)(c2cccc(-c3nc(-n4c5ccccc5c5ccccc54)nc(-n4c5ccccc5c5ccccc54)n3)c2)c2cccc3c2[se]c2ccccc23)cc1. The third-order valence-electron chi connectivity index (χ3n) is 12.9. The van der Waals surface area contributed by atoms with E-state index >= 15 is 0 Å². The summed E-state index contributed by atoms with van der Waals surface area (Å²) in [4.78, 5) is 16.4. The summed E-state index contributed by atoms with van der Waals surface area (Å²) in [5.74, 6) is 1.76. The van der Waals surface area contributed by atoms with Crippen LogP contribution in [-0.2, 0) is 0 Å². The quantitative estimate of drug-likeness (QED) is 0.118. The van der Waals surface area contributed by atoms with Crippen molar-refractivity contribution >= 4 is 106 Å². The maximum atomic E-state index is 5.49. The summed E-state index contributed by atoms with van der Waals surface area (Å²) in [5, 5.41) is 12.7. The Morgan fingerprint density at radius 1 is 0.344 bits per heavy atom. The third kappa shape index (κ3) is 5.52. The van der Waals surface area contributed by atoms with Gasteiger partial charge in [-0.25, -0.2) is 0 Å². The van der Waals surface area contributed by atoms with E-state index in [1.165, 1.54) is 40.0 Å². The van der Waals surface area contributed by atoms with Gasteiger partial charge in [0.05, 0.1) is 0 Å². The molecule has 0 N–H and O–H groups in total. The molecule has 5 nitrogen and oxygen atoms in total. The molecule has 0 saturated heterocycles. The third-order valence-corrected chi connectivity index (χ3v) is 20.7. The minimum absolute atomic E-state index is 0.143. The van der Waals surface area contributed by atoms with Crippen LogP contribution >= 0.6 is 0 Å². The molecule has 0 unspecified atom stereocenters. The molecule has 0 aliphatic heterocycles. The van der Waals surface area contributed by atoms with Gasteiger partial charge in [-0.2, -0.15) is 0 Å². The van der Waals surface area contributed by atoms with Gasteiger partial charge in [0.15, 0.2) is 0 Å². The van der Waals surface area contributed by atoms with Crippen molar-refractivity contribution in [2.24, 2.45) is 0 Å². The molecule has 0 aliphatic carbocycles. The van der Waals surface area contributed by atoms with Gasteiger partial charge >= 0.3 is 305 Å². The van der Waals surface area contributed by atoms with Crippen molar-refractivity contribution in [1.82, 2.24) is 24.1 Å². The zero-order chi connectivity index (χ0) is 42.2. The Balaban J connectivity index is 1.13. The first-order chi connectivity index (χ1) is 31.8. The molecule has 4 heterocycles. The van der Waals surface area contributed by atoms with Crippen molar-refractivity contribution < 1.29 is 0 Å². The fraction of sp³-hybridized carbons (Fsp3) is 0. The van der Waals surface area contributed by atoms with Crippen LogP contribution in [0.4, 0.5) is 0 Å². The van der Waals surface area contributed by atoms with Crippen LogP contribution < -0.4 is 20.7 Å². The maximum absolute atomic E-state index is 5.49. The number of benzene rings is 9. The first-order valence-electron chi connectivity index (χ1n) is 21.6. The van der Waals surface area contributed by atoms with Crippen LogP contribution in [0.3, 0.4) is 0 Å². The molecule has 0 bridgehead atoms. The van der Waals surface area contributed by atoms with E-state index in [4.69, 9.17) is 15.0 Å². The van der Waals surface area contributed by atoms with Crippen LogP contribution in [-0.4, -0.2) is 46.7 Å². The molecule has 0 amide bonds. The molecule has 0 radical (unpaired) electrons. The predicted molar refractivity (Wildman–Crippen MR) is 270 cm³/mol. The van der Waals surface area contributed by atoms with Crippen molar-refractivity contribution in [2.75, 3.05) is 0 Å². The van der Waals surface area contributed by atoms with Crippen LogP contribution in [0.25, 0.3) is 86.2 Å². The fourth-order valence-corrected chi connectivity index (χ4v) is 18.7. The number of rotatable bonds is 7. The van der Waals surface area contributed by atoms with E-state index in [9.17, 15) is 0 Å². The second-order valence-electron chi connectivity index (χ2n) is 16.3. The Morgan fingerprint density at radius 3 is 1.30 bits per heavy atom. The molecule has 4 aromatic heterocycles. The van der Waals surface area contributed by atoms with Gasteiger partial charge in [-0.05, 0) is 0 Å². The normalized spacial score (nSPS) is 12.1. The molecule has 0 fully saturated rings. The molecule has 0 spiro atoms. The number of hydrogen-bond acceptors (Lipinski definition) is 3. The van der Waals surface area contributed by atoms with Crippen molar-refractivity contribution in [3.05, 3.63) is 224 Å². The van der Waals surface area contributed by atoms with Gasteiger partial charge in [0, 0.05) is 0 Å². The molecule has 0 aliphatic rings. The Hall–Kier alpha value is -7.67. The van der Waals surface area contributed by atoms with Crippen molar-refractivity contribution in [3.63, 3.8) is 0 Å². The molecule has 0 saturated carbocycles. The second kappa shape index (κ2) is 14.7. The summed E-state index contributed by atoms with van der Waals surface area (Å²) >= 11 is 0.143. The molecule has 7 heteroatoms. The Labute approximate surface area is 375 Å². The molecule has 300 valence electrons. The van der Waals surface area contributed by atoms with E-state index in [1.54, 1.807) is 0 Å². The van der Waals surface area contributed by atoms with Gasteiger partial charge in [0.2, 0.25) is 0 Å². The van der Waals surface area contributed by atoms with Crippen LogP contribution in [0.15, 0.2) is 224 Å². The number of fused-ring (bicyclic) bond motifs is 9. The van der Waals surface area contributed by atoms with Crippen molar-refractivity contribution in [1.29, 1.82) is 0 Å².